The van der Waals surface area contributed by atoms with Crippen LogP contribution < -0.4 is 14.8 Å². The van der Waals surface area contributed by atoms with Crippen molar-refractivity contribution >= 4 is 9.84 Å². The van der Waals surface area contributed by atoms with E-state index in [0.717, 1.165) is 42.0 Å². The first-order chi connectivity index (χ1) is 11.9. The monoisotopic (exact) mass is 361 g/mol. The number of sulfone groups is 1. The number of methoxy groups -OCH3 is 2. The van der Waals surface area contributed by atoms with Crippen molar-refractivity contribution in [2.45, 2.75) is 17.2 Å². The van der Waals surface area contributed by atoms with Crippen LogP contribution >= 0.6 is 0 Å². The van der Waals surface area contributed by atoms with E-state index in [1.165, 1.54) is 13.4 Å². The predicted molar refractivity (Wildman–Crippen MR) is 97.5 cm³/mol. The van der Waals surface area contributed by atoms with Gasteiger partial charge in [-0.2, -0.15) is 0 Å². The van der Waals surface area contributed by atoms with E-state index >= 15 is 0 Å². The van der Waals surface area contributed by atoms with Crippen LogP contribution in [0.25, 0.3) is 0 Å². The van der Waals surface area contributed by atoms with E-state index in [-0.39, 0.29) is 10.8 Å². The third-order valence-corrected chi connectivity index (χ3v) is 5.76. The molecule has 1 aliphatic rings. The van der Waals surface area contributed by atoms with Gasteiger partial charge in [0.2, 0.25) is 0 Å². The second kappa shape index (κ2) is 7.06. The van der Waals surface area contributed by atoms with Crippen molar-refractivity contribution in [3.63, 3.8) is 0 Å². The van der Waals surface area contributed by atoms with Gasteiger partial charge >= 0.3 is 0 Å². The Balaban J connectivity index is 2.14. The molecule has 134 valence electrons. The van der Waals surface area contributed by atoms with Crippen LogP contribution in [-0.4, -0.2) is 42.0 Å². The molecule has 0 radical (unpaired) electrons. The Labute approximate surface area is 148 Å². The molecule has 1 atom stereocenters. The van der Waals surface area contributed by atoms with Crippen LogP contribution in [0.15, 0.2) is 41.3 Å². The zero-order valence-electron chi connectivity index (χ0n) is 14.7. The third-order valence-electron chi connectivity index (χ3n) is 4.64. The Bertz CT molecular complexity index is 860. The average Bonchev–Trinajstić information content (AvgIpc) is 2.81. The molecule has 5 nitrogen and oxygen atoms in total. The molecule has 0 saturated heterocycles. The highest BCUT2D eigenvalue weighted by molar-refractivity contribution is 7.90. The van der Waals surface area contributed by atoms with Gasteiger partial charge in [0.05, 0.1) is 14.2 Å². The molecule has 1 aliphatic heterocycles. The normalized spacial score (nSPS) is 17.5. The highest BCUT2D eigenvalue weighted by Crippen LogP contribution is 2.36. The van der Waals surface area contributed by atoms with E-state index in [2.05, 4.69) is 5.32 Å². The minimum atomic E-state index is -3.37. The molecular formula is C19H23NO4S. The summed E-state index contributed by atoms with van der Waals surface area (Å²) in [5.74, 6) is 1.29. The Morgan fingerprint density at radius 2 is 1.80 bits per heavy atom. The lowest BCUT2D eigenvalue weighted by atomic mass is 9.88. The van der Waals surface area contributed by atoms with Crippen LogP contribution in [0.5, 0.6) is 11.5 Å². The first-order valence-corrected chi connectivity index (χ1v) is 10.1. The minimum absolute atomic E-state index is 0.0785. The van der Waals surface area contributed by atoms with Crippen molar-refractivity contribution in [3.05, 3.63) is 53.1 Å². The first-order valence-electron chi connectivity index (χ1n) is 8.19. The lowest BCUT2D eigenvalue weighted by Gasteiger charge is -2.20. The molecule has 0 saturated carbocycles. The molecule has 0 spiro atoms. The summed E-state index contributed by atoms with van der Waals surface area (Å²) < 4.78 is 35.0. The number of nitrogens with one attached hydrogen (secondary N) is 1. The number of fused-ring (bicyclic) bond motifs is 1. The van der Waals surface area contributed by atoms with Crippen LogP contribution in [0.4, 0.5) is 0 Å². The summed E-state index contributed by atoms with van der Waals surface area (Å²) in [4.78, 5) is 0.245. The second-order valence-corrected chi connectivity index (χ2v) is 8.24. The summed E-state index contributed by atoms with van der Waals surface area (Å²) in [6.07, 6.45) is 2.05. The van der Waals surface area contributed by atoms with E-state index in [9.17, 15) is 8.42 Å². The Kier molecular flexibility index (Phi) is 5.01. The Morgan fingerprint density at radius 3 is 2.40 bits per heavy atom. The molecule has 0 bridgehead atoms. The number of benzene rings is 2. The topological polar surface area (TPSA) is 64.6 Å². The van der Waals surface area contributed by atoms with Gasteiger partial charge in [0, 0.05) is 18.7 Å². The highest BCUT2D eigenvalue weighted by atomic mass is 32.2. The van der Waals surface area contributed by atoms with Gasteiger partial charge in [0.25, 0.3) is 0 Å². The van der Waals surface area contributed by atoms with Gasteiger partial charge in [-0.05, 0) is 53.9 Å². The van der Waals surface area contributed by atoms with Gasteiger partial charge in [0.1, 0.15) is 16.4 Å². The highest BCUT2D eigenvalue weighted by Gasteiger charge is 2.25. The molecular weight excluding hydrogens is 338 g/mol. The first kappa shape index (κ1) is 17.8. The number of hydrogen-bond donors (Lipinski definition) is 1. The van der Waals surface area contributed by atoms with E-state index in [1.54, 1.807) is 13.2 Å². The quantitative estimate of drug-likeness (QED) is 0.906. The minimum Gasteiger partial charge on any atom is -0.497 e. The average molecular weight is 361 g/mol. The summed E-state index contributed by atoms with van der Waals surface area (Å²) in [6, 6.07) is 11.6. The van der Waals surface area contributed by atoms with Gasteiger partial charge in [0.15, 0.2) is 9.84 Å². The SMILES string of the molecule is COc1ccc(C2CNCCc3cc(OC)c(S(C)(=O)=O)cc32)cc1. The lowest BCUT2D eigenvalue weighted by molar-refractivity contribution is 0.402. The van der Waals surface area contributed by atoms with E-state index in [4.69, 9.17) is 9.47 Å². The number of ether oxygens (including phenoxy) is 2. The van der Waals surface area contributed by atoms with Crippen LogP contribution in [0.3, 0.4) is 0 Å². The maximum atomic E-state index is 12.2. The van der Waals surface area contributed by atoms with Gasteiger partial charge in [-0.3, -0.25) is 0 Å². The molecule has 0 fully saturated rings. The van der Waals surface area contributed by atoms with Crippen LogP contribution in [0, 0.1) is 0 Å². The zero-order valence-corrected chi connectivity index (χ0v) is 15.5. The summed E-state index contributed by atoms with van der Waals surface area (Å²) in [6.45, 7) is 1.61. The summed E-state index contributed by atoms with van der Waals surface area (Å²) in [5.41, 5.74) is 3.28. The van der Waals surface area contributed by atoms with Crippen molar-refractivity contribution in [2.24, 2.45) is 0 Å². The van der Waals surface area contributed by atoms with Gasteiger partial charge in [-0.1, -0.05) is 12.1 Å². The third kappa shape index (κ3) is 3.65. The van der Waals surface area contributed by atoms with Crippen LogP contribution in [-0.2, 0) is 16.3 Å². The van der Waals surface area contributed by atoms with Crippen molar-refractivity contribution in [2.75, 3.05) is 33.6 Å². The number of hydrogen-bond acceptors (Lipinski definition) is 5. The molecule has 1 heterocycles. The fourth-order valence-corrected chi connectivity index (χ4v) is 4.17. The fraction of sp³-hybridized carbons (Fsp3) is 0.368. The van der Waals surface area contributed by atoms with Crippen molar-refractivity contribution in [3.8, 4) is 11.5 Å². The molecule has 2 aromatic rings. The van der Waals surface area contributed by atoms with E-state index < -0.39 is 9.84 Å². The Morgan fingerprint density at radius 1 is 1.08 bits per heavy atom. The fourth-order valence-electron chi connectivity index (χ4n) is 3.32. The van der Waals surface area contributed by atoms with Crippen molar-refractivity contribution < 1.29 is 17.9 Å². The number of rotatable bonds is 4. The lowest BCUT2D eigenvalue weighted by Crippen LogP contribution is -2.21. The van der Waals surface area contributed by atoms with Crippen LogP contribution in [0.1, 0.15) is 22.6 Å². The molecule has 1 unspecified atom stereocenters. The molecule has 1 N–H and O–H groups in total. The predicted octanol–water partition coefficient (Wildman–Crippen LogP) is 2.38. The smallest absolute Gasteiger partial charge is 0.179 e. The standard InChI is InChI=1S/C19H23NO4S/c1-23-15-6-4-13(5-7-15)17-12-20-9-8-14-10-18(24-2)19(11-16(14)17)25(3,21)22/h4-7,10-11,17,20H,8-9,12H2,1-3H3. The molecule has 0 aliphatic carbocycles. The molecule has 2 aromatic carbocycles. The second-order valence-electron chi connectivity index (χ2n) is 6.25. The maximum Gasteiger partial charge on any atom is 0.179 e. The van der Waals surface area contributed by atoms with Gasteiger partial charge in [-0.25, -0.2) is 8.42 Å². The summed E-state index contributed by atoms with van der Waals surface area (Å²) >= 11 is 0. The zero-order chi connectivity index (χ0) is 18.0. The largest absolute Gasteiger partial charge is 0.497 e. The Hall–Kier alpha value is -2.05. The summed E-state index contributed by atoms with van der Waals surface area (Å²) in [7, 11) is -0.225. The summed E-state index contributed by atoms with van der Waals surface area (Å²) in [5, 5.41) is 3.45. The van der Waals surface area contributed by atoms with Crippen molar-refractivity contribution in [1.82, 2.24) is 5.32 Å². The van der Waals surface area contributed by atoms with Crippen LogP contribution in [0.2, 0.25) is 0 Å². The van der Waals surface area contributed by atoms with Gasteiger partial charge in [-0.15, -0.1) is 0 Å². The molecule has 3 rings (SSSR count). The molecule has 6 heteroatoms. The molecule has 25 heavy (non-hydrogen) atoms. The molecule has 0 aromatic heterocycles. The van der Waals surface area contributed by atoms with E-state index in [1.807, 2.05) is 30.3 Å². The molecule has 0 amide bonds. The van der Waals surface area contributed by atoms with Gasteiger partial charge < -0.3 is 14.8 Å². The van der Waals surface area contributed by atoms with Crippen molar-refractivity contribution in [1.29, 1.82) is 0 Å². The maximum absolute atomic E-state index is 12.2. The van der Waals surface area contributed by atoms with E-state index in [0.29, 0.717) is 5.75 Å².